The van der Waals surface area contributed by atoms with Gasteiger partial charge in [-0.2, -0.15) is 0 Å². The summed E-state index contributed by atoms with van der Waals surface area (Å²) in [4.78, 5) is 16.7. The summed E-state index contributed by atoms with van der Waals surface area (Å²) in [5.74, 6) is 1.87. The van der Waals surface area contributed by atoms with Gasteiger partial charge in [0.15, 0.2) is 0 Å². The monoisotopic (exact) mass is 251 g/mol. The molecule has 2 aliphatic carbocycles. The molecule has 0 aromatic heterocycles. The first kappa shape index (κ1) is 12.4. The first-order valence-corrected chi connectivity index (χ1v) is 7.49. The van der Waals surface area contributed by atoms with Crippen molar-refractivity contribution >= 4 is 5.91 Å². The predicted octanol–water partition coefficient (Wildman–Crippen LogP) is 0.668. The van der Waals surface area contributed by atoms with Crippen LogP contribution >= 0.6 is 0 Å². The molecule has 1 heterocycles. The van der Waals surface area contributed by atoms with Crippen LogP contribution in [0.1, 0.15) is 32.1 Å². The Bertz CT molecular complexity index is 304. The highest BCUT2D eigenvalue weighted by atomic mass is 16.2. The van der Waals surface area contributed by atoms with Crippen LogP contribution in [-0.4, -0.2) is 54.5 Å². The Labute approximate surface area is 109 Å². The summed E-state index contributed by atoms with van der Waals surface area (Å²) in [6.45, 7) is 5.08. The van der Waals surface area contributed by atoms with Crippen LogP contribution < -0.4 is 5.73 Å². The van der Waals surface area contributed by atoms with Crippen LogP contribution in [0.25, 0.3) is 0 Å². The quantitative estimate of drug-likeness (QED) is 0.781. The predicted molar refractivity (Wildman–Crippen MR) is 71.1 cm³/mol. The molecule has 0 bridgehead atoms. The first-order valence-electron chi connectivity index (χ1n) is 7.49. The molecule has 1 amide bonds. The van der Waals surface area contributed by atoms with E-state index in [1.807, 2.05) is 4.90 Å². The molecule has 1 atom stereocenters. The Balaban J connectivity index is 1.41. The molecule has 102 valence electrons. The molecule has 4 nitrogen and oxygen atoms in total. The van der Waals surface area contributed by atoms with Gasteiger partial charge in [-0.25, -0.2) is 0 Å². The van der Waals surface area contributed by atoms with Crippen molar-refractivity contribution in [2.45, 2.75) is 38.1 Å². The van der Waals surface area contributed by atoms with Crippen molar-refractivity contribution in [1.82, 2.24) is 9.80 Å². The lowest BCUT2D eigenvalue weighted by Crippen LogP contribution is -2.53. The minimum Gasteiger partial charge on any atom is -0.339 e. The highest BCUT2D eigenvalue weighted by molar-refractivity contribution is 5.81. The number of carbonyl (C=O) groups is 1. The zero-order chi connectivity index (χ0) is 12.5. The fourth-order valence-corrected chi connectivity index (χ4v) is 2.86. The van der Waals surface area contributed by atoms with Gasteiger partial charge in [-0.15, -0.1) is 0 Å². The average Bonchev–Trinajstić information content (AvgIpc) is 3.25. The van der Waals surface area contributed by atoms with Gasteiger partial charge >= 0.3 is 0 Å². The van der Waals surface area contributed by atoms with Gasteiger partial charge in [-0.05, 0) is 31.1 Å². The van der Waals surface area contributed by atoms with Gasteiger partial charge < -0.3 is 10.6 Å². The molecule has 18 heavy (non-hydrogen) atoms. The Morgan fingerprint density at radius 2 is 1.67 bits per heavy atom. The van der Waals surface area contributed by atoms with Crippen LogP contribution in [0.2, 0.25) is 0 Å². The summed E-state index contributed by atoms with van der Waals surface area (Å²) >= 11 is 0. The largest absolute Gasteiger partial charge is 0.339 e. The Morgan fingerprint density at radius 1 is 1.06 bits per heavy atom. The van der Waals surface area contributed by atoms with Crippen molar-refractivity contribution in [2.24, 2.45) is 17.6 Å². The molecule has 3 aliphatic rings. The van der Waals surface area contributed by atoms with Gasteiger partial charge in [0.25, 0.3) is 0 Å². The third kappa shape index (κ3) is 3.23. The van der Waals surface area contributed by atoms with Crippen LogP contribution in [0.3, 0.4) is 0 Å². The second-order valence-corrected chi connectivity index (χ2v) is 6.35. The number of piperazine rings is 1. The van der Waals surface area contributed by atoms with E-state index in [1.54, 1.807) is 0 Å². The number of hydrogen-bond acceptors (Lipinski definition) is 3. The minimum absolute atomic E-state index is 0.188. The maximum absolute atomic E-state index is 12.2. The molecule has 2 N–H and O–H groups in total. The van der Waals surface area contributed by atoms with Crippen molar-refractivity contribution in [1.29, 1.82) is 0 Å². The van der Waals surface area contributed by atoms with E-state index in [-0.39, 0.29) is 11.9 Å². The third-order valence-electron chi connectivity index (χ3n) is 4.50. The van der Waals surface area contributed by atoms with E-state index in [0.29, 0.717) is 0 Å². The van der Waals surface area contributed by atoms with Crippen LogP contribution in [0.4, 0.5) is 0 Å². The molecule has 1 saturated heterocycles. The zero-order valence-electron chi connectivity index (χ0n) is 11.2. The summed E-state index contributed by atoms with van der Waals surface area (Å²) in [7, 11) is 0. The molecule has 4 heteroatoms. The Morgan fingerprint density at radius 3 is 2.22 bits per heavy atom. The molecule has 0 radical (unpaired) electrons. The number of nitrogens with zero attached hydrogens (tertiary/aromatic N) is 2. The second-order valence-electron chi connectivity index (χ2n) is 6.35. The maximum Gasteiger partial charge on any atom is 0.239 e. The van der Waals surface area contributed by atoms with Crippen LogP contribution in [0, 0.1) is 11.8 Å². The molecule has 3 fully saturated rings. The molecular formula is C14H25N3O. The fourth-order valence-electron chi connectivity index (χ4n) is 2.86. The Kier molecular flexibility index (Phi) is 3.57. The normalized spacial score (nSPS) is 27.3. The fraction of sp³-hybridized carbons (Fsp3) is 0.929. The lowest BCUT2D eigenvalue weighted by molar-refractivity contribution is -0.134. The summed E-state index contributed by atoms with van der Waals surface area (Å²) in [6.07, 6.45) is 6.27. The van der Waals surface area contributed by atoms with Crippen LogP contribution in [0.5, 0.6) is 0 Å². The highest BCUT2D eigenvalue weighted by Gasteiger charge is 2.31. The average molecular weight is 251 g/mol. The lowest BCUT2D eigenvalue weighted by atomic mass is 10.1. The highest BCUT2D eigenvalue weighted by Crippen LogP contribution is 2.33. The molecule has 1 aliphatic heterocycles. The van der Waals surface area contributed by atoms with E-state index in [4.69, 9.17) is 5.73 Å². The molecule has 3 rings (SSSR count). The van der Waals surface area contributed by atoms with E-state index in [9.17, 15) is 4.79 Å². The van der Waals surface area contributed by atoms with E-state index < -0.39 is 0 Å². The van der Waals surface area contributed by atoms with E-state index >= 15 is 0 Å². The topological polar surface area (TPSA) is 49.6 Å². The lowest BCUT2D eigenvalue weighted by Gasteiger charge is -2.36. The minimum atomic E-state index is -0.243. The summed E-state index contributed by atoms with van der Waals surface area (Å²) in [6, 6.07) is -0.243. The Hall–Kier alpha value is -0.610. The van der Waals surface area contributed by atoms with Crippen molar-refractivity contribution in [2.75, 3.05) is 32.7 Å². The summed E-state index contributed by atoms with van der Waals surface area (Å²) < 4.78 is 0. The molecule has 0 aromatic rings. The number of nitrogens with two attached hydrogens (primary N) is 1. The van der Waals surface area contributed by atoms with Gasteiger partial charge in [-0.3, -0.25) is 9.69 Å². The third-order valence-corrected chi connectivity index (χ3v) is 4.50. The van der Waals surface area contributed by atoms with E-state index in [2.05, 4.69) is 4.90 Å². The summed E-state index contributed by atoms with van der Waals surface area (Å²) in [5, 5.41) is 0. The van der Waals surface area contributed by atoms with Gasteiger partial charge in [0.2, 0.25) is 5.91 Å². The maximum atomic E-state index is 12.2. The van der Waals surface area contributed by atoms with Gasteiger partial charge in [0.1, 0.15) is 0 Å². The molecule has 0 unspecified atom stereocenters. The van der Waals surface area contributed by atoms with Gasteiger partial charge in [-0.1, -0.05) is 12.8 Å². The van der Waals surface area contributed by atoms with Crippen LogP contribution in [0.15, 0.2) is 0 Å². The number of hydrogen-bond donors (Lipinski definition) is 1. The standard InChI is InChI=1S/C14H25N3O/c15-13(9-11-1-2-11)14(18)17-7-5-16(6-8-17)10-12-3-4-12/h11-13H,1-10,15H2/t13-/m0/s1. The van der Waals surface area contributed by atoms with Crippen LogP contribution in [-0.2, 0) is 4.79 Å². The summed E-state index contributed by atoms with van der Waals surface area (Å²) in [5.41, 5.74) is 6.01. The molecule has 0 spiro atoms. The number of amides is 1. The number of carbonyl (C=O) groups excluding carboxylic acids is 1. The smallest absolute Gasteiger partial charge is 0.239 e. The number of rotatable bonds is 5. The van der Waals surface area contributed by atoms with Crippen molar-refractivity contribution in [3.05, 3.63) is 0 Å². The molecular weight excluding hydrogens is 226 g/mol. The SMILES string of the molecule is N[C@@H](CC1CC1)C(=O)N1CCN(CC2CC2)CC1. The van der Waals surface area contributed by atoms with Gasteiger partial charge in [0.05, 0.1) is 6.04 Å². The van der Waals surface area contributed by atoms with Crippen molar-refractivity contribution < 1.29 is 4.79 Å². The van der Waals surface area contributed by atoms with Gasteiger partial charge in [0, 0.05) is 32.7 Å². The van der Waals surface area contributed by atoms with Crippen molar-refractivity contribution in [3.63, 3.8) is 0 Å². The van der Waals surface area contributed by atoms with E-state index in [1.165, 1.54) is 32.2 Å². The molecule has 0 aromatic carbocycles. The first-order chi connectivity index (χ1) is 8.72. The zero-order valence-corrected chi connectivity index (χ0v) is 11.2. The van der Waals surface area contributed by atoms with E-state index in [0.717, 1.165) is 44.4 Å². The van der Waals surface area contributed by atoms with Crippen molar-refractivity contribution in [3.8, 4) is 0 Å². The second kappa shape index (κ2) is 5.17. The molecule has 2 saturated carbocycles.